The maximum Gasteiger partial charge on any atom is 0.339 e. The van der Waals surface area contributed by atoms with Gasteiger partial charge in [0.25, 0.3) is 0 Å². The summed E-state index contributed by atoms with van der Waals surface area (Å²) in [6.07, 6.45) is 2.38. The second kappa shape index (κ2) is 7.02. The van der Waals surface area contributed by atoms with Crippen LogP contribution in [0.3, 0.4) is 0 Å². The minimum atomic E-state index is -0.413. The molecule has 27 heavy (non-hydrogen) atoms. The molecule has 2 aromatic carbocycles. The number of hydrogen-bond donors (Lipinski definition) is 1. The van der Waals surface area contributed by atoms with E-state index in [1.165, 1.54) is 7.11 Å². The number of carbonyl (C=O) groups is 1. The molecule has 0 spiro atoms. The molecule has 0 aliphatic carbocycles. The van der Waals surface area contributed by atoms with Crippen molar-refractivity contribution in [1.29, 1.82) is 0 Å². The second-order valence-corrected chi connectivity index (χ2v) is 6.91. The molecule has 0 bridgehead atoms. The number of phenolic OH excluding ortho intramolecular Hbond substituents is 1. The first-order chi connectivity index (χ1) is 13.1. The fourth-order valence-corrected chi connectivity index (χ4v) is 3.88. The standard InChI is InChI=1S/C21H23NO5/c1-25-19-11-14-15(12-20(19)26-2)21(24)27-18(14)10-13-5-6-16(17(23)9-13)22-7-3-4-8-22/h5-6,9,11-12,18,23H,3-4,7-8,10H2,1-2H3. The third kappa shape index (κ3) is 3.16. The number of rotatable bonds is 5. The zero-order valence-corrected chi connectivity index (χ0v) is 15.5. The molecule has 0 radical (unpaired) electrons. The summed E-state index contributed by atoms with van der Waals surface area (Å²) < 4.78 is 16.2. The molecule has 6 nitrogen and oxygen atoms in total. The van der Waals surface area contributed by atoms with Crippen molar-refractivity contribution in [2.75, 3.05) is 32.2 Å². The Kier molecular flexibility index (Phi) is 4.56. The van der Waals surface area contributed by atoms with Crippen LogP contribution < -0.4 is 14.4 Å². The molecule has 4 rings (SSSR count). The highest BCUT2D eigenvalue weighted by Gasteiger charge is 2.33. The third-order valence-electron chi connectivity index (χ3n) is 5.28. The van der Waals surface area contributed by atoms with Gasteiger partial charge in [-0.15, -0.1) is 0 Å². The molecular weight excluding hydrogens is 346 g/mol. The van der Waals surface area contributed by atoms with Gasteiger partial charge in [0.2, 0.25) is 0 Å². The van der Waals surface area contributed by atoms with E-state index in [0.717, 1.165) is 42.7 Å². The summed E-state index contributed by atoms with van der Waals surface area (Å²) in [7, 11) is 3.10. The van der Waals surface area contributed by atoms with Crippen molar-refractivity contribution in [3.63, 3.8) is 0 Å². The number of anilines is 1. The lowest BCUT2D eigenvalue weighted by Crippen LogP contribution is -2.17. The maximum absolute atomic E-state index is 12.3. The molecule has 0 saturated carbocycles. The quantitative estimate of drug-likeness (QED) is 0.814. The van der Waals surface area contributed by atoms with Crippen molar-refractivity contribution >= 4 is 11.7 Å². The van der Waals surface area contributed by atoms with Crippen LogP contribution in [0.1, 0.15) is 40.4 Å². The molecule has 2 aliphatic heterocycles. The van der Waals surface area contributed by atoms with Crippen molar-refractivity contribution < 1.29 is 24.1 Å². The molecule has 1 saturated heterocycles. The number of nitrogens with zero attached hydrogens (tertiary/aromatic N) is 1. The van der Waals surface area contributed by atoms with Gasteiger partial charge in [0.15, 0.2) is 11.5 Å². The molecule has 0 amide bonds. The molecular formula is C21H23NO5. The van der Waals surface area contributed by atoms with Crippen molar-refractivity contribution in [3.05, 3.63) is 47.0 Å². The van der Waals surface area contributed by atoms with E-state index in [9.17, 15) is 9.90 Å². The van der Waals surface area contributed by atoms with E-state index in [1.54, 1.807) is 25.3 Å². The van der Waals surface area contributed by atoms with Gasteiger partial charge in [-0.2, -0.15) is 0 Å². The van der Waals surface area contributed by atoms with Crippen molar-refractivity contribution in [2.45, 2.75) is 25.4 Å². The van der Waals surface area contributed by atoms with Gasteiger partial charge in [-0.3, -0.25) is 0 Å². The third-order valence-corrected chi connectivity index (χ3v) is 5.28. The summed E-state index contributed by atoms with van der Waals surface area (Å²) in [5, 5.41) is 10.4. The zero-order valence-electron chi connectivity index (χ0n) is 15.5. The van der Waals surface area contributed by atoms with E-state index in [-0.39, 0.29) is 11.7 Å². The van der Waals surface area contributed by atoms with Gasteiger partial charge >= 0.3 is 5.97 Å². The maximum atomic E-state index is 12.3. The van der Waals surface area contributed by atoms with Crippen LogP contribution in [0, 0.1) is 0 Å². The van der Waals surface area contributed by atoms with Crippen LogP contribution in [-0.2, 0) is 11.2 Å². The van der Waals surface area contributed by atoms with Crippen LogP contribution in [-0.4, -0.2) is 38.4 Å². The second-order valence-electron chi connectivity index (χ2n) is 6.91. The van der Waals surface area contributed by atoms with Gasteiger partial charge in [0, 0.05) is 25.1 Å². The average Bonchev–Trinajstić information content (AvgIpc) is 3.30. The van der Waals surface area contributed by atoms with Gasteiger partial charge in [0.1, 0.15) is 11.9 Å². The highest BCUT2D eigenvalue weighted by atomic mass is 16.5. The van der Waals surface area contributed by atoms with Crippen molar-refractivity contribution in [2.24, 2.45) is 0 Å². The Balaban J connectivity index is 1.59. The lowest BCUT2D eigenvalue weighted by molar-refractivity contribution is 0.0387. The molecule has 142 valence electrons. The number of methoxy groups -OCH3 is 2. The predicted molar refractivity (Wildman–Crippen MR) is 101 cm³/mol. The summed E-state index contributed by atoms with van der Waals surface area (Å²) >= 11 is 0. The summed E-state index contributed by atoms with van der Waals surface area (Å²) in [6.45, 7) is 1.95. The predicted octanol–water partition coefficient (Wildman–Crippen LogP) is 3.46. The Morgan fingerprint density at radius 1 is 1.11 bits per heavy atom. The van der Waals surface area contributed by atoms with Crippen LogP contribution in [0.15, 0.2) is 30.3 Å². The van der Waals surface area contributed by atoms with Crippen LogP contribution in [0.5, 0.6) is 17.2 Å². The minimum Gasteiger partial charge on any atom is -0.506 e. The summed E-state index contributed by atoms with van der Waals surface area (Å²) in [5.41, 5.74) is 3.05. The van der Waals surface area contributed by atoms with E-state index in [4.69, 9.17) is 14.2 Å². The van der Waals surface area contributed by atoms with Gasteiger partial charge < -0.3 is 24.2 Å². The Hall–Kier alpha value is -2.89. The molecule has 1 N–H and O–H groups in total. The first kappa shape index (κ1) is 17.5. The van der Waals surface area contributed by atoms with Gasteiger partial charge in [-0.25, -0.2) is 4.79 Å². The fraction of sp³-hybridized carbons (Fsp3) is 0.381. The lowest BCUT2D eigenvalue weighted by atomic mass is 9.98. The zero-order chi connectivity index (χ0) is 19.0. The Morgan fingerprint density at radius 3 is 2.48 bits per heavy atom. The molecule has 0 aromatic heterocycles. The first-order valence-electron chi connectivity index (χ1n) is 9.14. The molecule has 6 heteroatoms. The summed E-state index contributed by atoms with van der Waals surface area (Å²) in [6, 6.07) is 9.15. The normalized spacial score (nSPS) is 18.4. The highest BCUT2D eigenvalue weighted by molar-refractivity contribution is 5.95. The van der Waals surface area contributed by atoms with Gasteiger partial charge in [0.05, 0.1) is 25.5 Å². The van der Waals surface area contributed by atoms with Crippen LogP contribution in [0.2, 0.25) is 0 Å². The van der Waals surface area contributed by atoms with E-state index < -0.39 is 6.10 Å². The number of aromatic hydroxyl groups is 1. The number of ether oxygens (including phenoxy) is 3. The van der Waals surface area contributed by atoms with Crippen LogP contribution >= 0.6 is 0 Å². The van der Waals surface area contributed by atoms with E-state index >= 15 is 0 Å². The van der Waals surface area contributed by atoms with E-state index in [1.807, 2.05) is 12.1 Å². The smallest absolute Gasteiger partial charge is 0.339 e. The largest absolute Gasteiger partial charge is 0.506 e. The summed E-state index contributed by atoms with van der Waals surface area (Å²) in [5.74, 6) is 0.966. The Labute approximate surface area is 158 Å². The van der Waals surface area contributed by atoms with Crippen molar-refractivity contribution in [3.8, 4) is 17.2 Å². The molecule has 1 atom stereocenters. The first-order valence-corrected chi connectivity index (χ1v) is 9.14. The molecule has 1 unspecified atom stereocenters. The van der Waals surface area contributed by atoms with Crippen LogP contribution in [0.25, 0.3) is 0 Å². The number of esters is 1. The number of phenols is 1. The SMILES string of the molecule is COc1cc2c(cc1OC)C(Cc1ccc(N3CCCC3)c(O)c1)OC2=O. The van der Waals surface area contributed by atoms with Crippen molar-refractivity contribution in [1.82, 2.24) is 0 Å². The Morgan fingerprint density at radius 2 is 1.81 bits per heavy atom. The minimum absolute atomic E-state index is 0.270. The monoisotopic (exact) mass is 369 g/mol. The van der Waals surface area contributed by atoms with E-state index in [0.29, 0.717) is 23.5 Å². The number of carbonyl (C=O) groups excluding carboxylic acids is 1. The van der Waals surface area contributed by atoms with Gasteiger partial charge in [-0.1, -0.05) is 6.07 Å². The molecule has 2 aromatic rings. The highest BCUT2D eigenvalue weighted by Crippen LogP contribution is 2.41. The topological polar surface area (TPSA) is 68.2 Å². The lowest BCUT2D eigenvalue weighted by Gasteiger charge is -2.20. The number of benzene rings is 2. The summed E-state index contributed by atoms with van der Waals surface area (Å²) in [4.78, 5) is 14.4. The average molecular weight is 369 g/mol. The molecule has 1 fully saturated rings. The Bertz CT molecular complexity index is 873. The molecule has 2 aliphatic rings. The number of fused-ring (bicyclic) bond motifs is 1. The van der Waals surface area contributed by atoms with Gasteiger partial charge in [-0.05, 0) is 42.7 Å². The molecule has 2 heterocycles. The number of hydrogen-bond acceptors (Lipinski definition) is 6. The van der Waals surface area contributed by atoms with Crippen LogP contribution in [0.4, 0.5) is 5.69 Å². The fourth-order valence-electron chi connectivity index (χ4n) is 3.88. The van der Waals surface area contributed by atoms with E-state index in [2.05, 4.69) is 4.90 Å². The number of cyclic esters (lactones) is 1.